The highest BCUT2D eigenvalue weighted by Crippen LogP contribution is 1.98. The summed E-state index contributed by atoms with van der Waals surface area (Å²) < 4.78 is 0. The van der Waals surface area contributed by atoms with E-state index in [4.69, 9.17) is 0 Å². The van der Waals surface area contributed by atoms with Gasteiger partial charge < -0.3 is 5.43 Å². The number of hydrogen-bond acceptors (Lipinski definition) is 2. The van der Waals surface area contributed by atoms with Gasteiger partial charge in [0, 0.05) is 11.3 Å². The number of hydrazone groups is 1. The summed E-state index contributed by atoms with van der Waals surface area (Å²) in [6, 6.07) is 0. The van der Waals surface area contributed by atoms with Crippen LogP contribution in [0.4, 0.5) is 0 Å². The predicted octanol–water partition coefficient (Wildman–Crippen LogP) is 2.16. The minimum atomic E-state index is 0.0937. The average Bonchev–Trinajstić information content (AvgIpc) is 1.81. The van der Waals surface area contributed by atoms with Crippen molar-refractivity contribution in [2.45, 2.75) is 46.6 Å². The lowest BCUT2D eigenvalue weighted by molar-refractivity contribution is 0.440. The van der Waals surface area contributed by atoms with Crippen LogP contribution in [0.25, 0.3) is 0 Å². The Bertz CT molecular complexity index is 120. The van der Waals surface area contributed by atoms with E-state index in [9.17, 15) is 0 Å². The molecule has 60 valence electrons. The molecule has 1 N–H and O–H groups in total. The van der Waals surface area contributed by atoms with Crippen LogP contribution >= 0.6 is 0 Å². The van der Waals surface area contributed by atoms with E-state index in [1.165, 1.54) is 0 Å². The topological polar surface area (TPSA) is 24.4 Å². The Morgan fingerprint density at radius 2 is 1.90 bits per heavy atom. The van der Waals surface area contributed by atoms with Crippen molar-refractivity contribution in [3.05, 3.63) is 0 Å². The molecule has 0 rings (SSSR count). The second-order valence-electron chi connectivity index (χ2n) is 3.56. The van der Waals surface area contributed by atoms with Gasteiger partial charge in [-0.05, 0) is 34.1 Å². The molecular weight excluding hydrogens is 124 g/mol. The second kappa shape index (κ2) is 3.59. The Hall–Kier alpha value is -0.530. The molecule has 0 aromatic carbocycles. The molecule has 0 saturated heterocycles. The van der Waals surface area contributed by atoms with E-state index in [0.29, 0.717) is 0 Å². The maximum atomic E-state index is 4.18. The first-order valence-electron chi connectivity index (χ1n) is 3.76. The van der Waals surface area contributed by atoms with E-state index in [-0.39, 0.29) is 5.54 Å². The first kappa shape index (κ1) is 9.47. The third-order valence-electron chi connectivity index (χ3n) is 1.09. The highest BCUT2D eigenvalue weighted by Gasteiger charge is 2.05. The van der Waals surface area contributed by atoms with Gasteiger partial charge in [-0.2, -0.15) is 5.10 Å². The summed E-state index contributed by atoms with van der Waals surface area (Å²) in [5.74, 6) is 0. The molecule has 0 fully saturated rings. The number of rotatable bonds is 2. The van der Waals surface area contributed by atoms with Crippen LogP contribution in [0.2, 0.25) is 0 Å². The third kappa shape index (κ3) is 5.60. The molecule has 0 atom stereocenters. The van der Waals surface area contributed by atoms with Gasteiger partial charge in [-0.3, -0.25) is 0 Å². The standard InChI is InChI=1S/C8H18N2/c1-6-7(2)9-10-8(3,4)5/h10H,6H2,1-5H3/b9-7+. The van der Waals surface area contributed by atoms with Gasteiger partial charge >= 0.3 is 0 Å². The molecule has 0 aliphatic carbocycles. The highest BCUT2D eigenvalue weighted by molar-refractivity contribution is 5.81. The average molecular weight is 142 g/mol. The largest absolute Gasteiger partial charge is 0.305 e. The highest BCUT2D eigenvalue weighted by atomic mass is 15.3. The lowest BCUT2D eigenvalue weighted by Crippen LogP contribution is -2.31. The molecule has 0 aromatic heterocycles. The lowest BCUT2D eigenvalue weighted by atomic mass is 10.1. The quantitative estimate of drug-likeness (QED) is 0.463. The molecule has 0 aromatic rings. The van der Waals surface area contributed by atoms with Crippen LogP contribution in [0.5, 0.6) is 0 Å². The zero-order valence-corrected chi connectivity index (χ0v) is 7.65. The maximum absolute atomic E-state index is 4.18. The van der Waals surface area contributed by atoms with Crippen LogP contribution < -0.4 is 5.43 Å². The summed E-state index contributed by atoms with van der Waals surface area (Å²) in [5, 5.41) is 4.18. The van der Waals surface area contributed by atoms with Crippen LogP contribution in [0.1, 0.15) is 41.0 Å². The van der Waals surface area contributed by atoms with Crippen molar-refractivity contribution in [2.24, 2.45) is 5.10 Å². The van der Waals surface area contributed by atoms with Crippen molar-refractivity contribution in [1.82, 2.24) is 5.43 Å². The van der Waals surface area contributed by atoms with Gasteiger partial charge in [0.2, 0.25) is 0 Å². The molecular formula is C8H18N2. The van der Waals surface area contributed by atoms with E-state index in [0.717, 1.165) is 12.1 Å². The van der Waals surface area contributed by atoms with Crippen LogP contribution in [0.15, 0.2) is 5.10 Å². The van der Waals surface area contributed by atoms with Gasteiger partial charge in [-0.25, -0.2) is 0 Å². The zero-order valence-electron chi connectivity index (χ0n) is 7.65. The molecule has 10 heavy (non-hydrogen) atoms. The summed E-state index contributed by atoms with van der Waals surface area (Å²) in [5.41, 5.74) is 4.30. The van der Waals surface area contributed by atoms with Crippen molar-refractivity contribution < 1.29 is 0 Å². The molecule has 0 aliphatic heterocycles. The smallest absolute Gasteiger partial charge is 0.0464 e. The molecule has 0 aliphatic rings. The number of nitrogens with one attached hydrogen (secondary N) is 1. The van der Waals surface area contributed by atoms with Gasteiger partial charge in [0.25, 0.3) is 0 Å². The Morgan fingerprint density at radius 1 is 1.40 bits per heavy atom. The summed E-state index contributed by atoms with van der Waals surface area (Å²) in [6.45, 7) is 10.4. The fraction of sp³-hybridized carbons (Fsp3) is 0.875. The van der Waals surface area contributed by atoms with Crippen LogP contribution in [-0.2, 0) is 0 Å². The van der Waals surface area contributed by atoms with E-state index in [1.54, 1.807) is 0 Å². The molecule has 0 heterocycles. The van der Waals surface area contributed by atoms with Crippen molar-refractivity contribution in [1.29, 1.82) is 0 Å². The van der Waals surface area contributed by atoms with E-state index < -0.39 is 0 Å². The lowest BCUT2D eigenvalue weighted by Gasteiger charge is -2.17. The molecule has 0 unspecified atom stereocenters. The Kier molecular flexibility index (Phi) is 3.40. The van der Waals surface area contributed by atoms with Gasteiger partial charge in [-0.1, -0.05) is 6.92 Å². The fourth-order valence-corrected chi connectivity index (χ4v) is 0.342. The monoisotopic (exact) mass is 142 g/mol. The van der Waals surface area contributed by atoms with Gasteiger partial charge in [0.15, 0.2) is 0 Å². The normalized spacial score (nSPS) is 13.5. The first-order valence-corrected chi connectivity index (χ1v) is 3.76. The van der Waals surface area contributed by atoms with Crippen molar-refractivity contribution in [2.75, 3.05) is 0 Å². The molecule has 0 bridgehead atoms. The SMILES string of the molecule is CC/C(C)=N/NC(C)(C)C. The molecule has 0 spiro atoms. The summed E-state index contributed by atoms with van der Waals surface area (Å²) in [7, 11) is 0. The predicted molar refractivity (Wildman–Crippen MR) is 46.3 cm³/mol. The van der Waals surface area contributed by atoms with Crippen molar-refractivity contribution in [3.8, 4) is 0 Å². The number of nitrogens with zero attached hydrogens (tertiary/aromatic N) is 1. The van der Waals surface area contributed by atoms with Gasteiger partial charge in [0.05, 0.1) is 0 Å². The van der Waals surface area contributed by atoms with E-state index >= 15 is 0 Å². The molecule has 0 amide bonds. The fourth-order valence-electron chi connectivity index (χ4n) is 0.342. The molecule has 2 nitrogen and oxygen atoms in total. The maximum Gasteiger partial charge on any atom is 0.0464 e. The summed E-state index contributed by atoms with van der Waals surface area (Å²) in [4.78, 5) is 0. The van der Waals surface area contributed by atoms with E-state index in [2.05, 4.69) is 38.2 Å². The Labute approximate surface area is 63.7 Å². The second-order valence-corrected chi connectivity index (χ2v) is 3.56. The van der Waals surface area contributed by atoms with Crippen LogP contribution in [0, 0.1) is 0 Å². The summed E-state index contributed by atoms with van der Waals surface area (Å²) >= 11 is 0. The van der Waals surface area contributed by atoms with Gasteiger partial charge in [0.1, 0.15) is 0 Å². The van der Waals surface area contributed by atoms with E-state index in [1.807, 2.05) is 6.92 Å². The van der Waals surface area contributed by atoms with Gasteiger partial charge in [-0.15, -0.1) is 0 Å². The van der Waals surface area contributed by atoms with Crippen LogP contribution in [-0.4, -0.2) is 11.3 Å². The Balaban J connectivity index is 3.73. The molecule has 0 saturated carbocycles. The van der Waals surface area contributed by atoms with Crippen LogP contribution in [0.3, 0.4) is 0 Å². The third-order valence-corrected chi connectivity index (χ3v) is 1.09. The molecule has 0 radical (unpaired) electrons. The minimum absolute atomic E-state index is 0.0937. The molecule has 2 heteroatoms. The number of hydrogen-bond donors (Lipinski definition) is 1. The first-order chi connectivity index (χ1) is 4.45. The minimum Gasteiger partial charge on any atom is -0.305 e. The summed E-state index contributed by atoms with van der Waals surface area (Å²) in [6.07, 6.45) is 1.02. The van der Waals surface area contributed by atoms with Crippen molar-refractivity contribution in [3.63, 3.8) is 0 Å². The Morgan fingerprint density at radius 3 is 2.20 bits per heavy atom. The van der Waals surface area contributed by atoms with Crippen molar-refractivity contribution >= 4 is 5.71 Å². The zero-order chi connectivity index (χ0) is 8.20.